The molecule has 0 radical (unpaired) electrons. The van der Waals surface area contributed by atoms with Crippen LogP contribution in [0.3, 0.4) is 0 Å². The van der Waals surface area contributed by atoms with Gasteiger partial charge in [0.05, 0.1) is 24.8 Å². The summed E-state index contributed by atoms with van der Waals surface area (Å²) in [4.78, 5) is 22.6. The van der Waals surface area contributed by atoms with Gasteiger partial charge in [-0.3, -0.25) is 4.79 Å². The van der Waals surface area contributed by atoms with E-state index in [1.165, 1.54) is 0 Å². The SMILES string of the molecule is C=CCOc1ccc2c(c1)[C@H]1[C@H](CCCCO)[C@@H](CCCCO)C=C3C(=NOC4CCCCO4)C[C@H](N(C)C(=O)c4ccc5c(c4)OCO5)[C@@](OCC=C)(O2)[C@H]31. The zero-order valence-electron chi connectivity index (χ0n) is 32.4. The second-order valence-electron chi connectivity index (χ2n) is 15.3. The molecule has 2 aromatic carbocycles. The Hall–Kier alpha value is -4.36. The van der Waals surface area contributed by atoms with Gasteiger partial charge in [0, 0.05) is 50.1 Å². The molecule has 12 nitrogen and oxygen atoms in total. The number of aliphatic hydroxyl groups excluding tert-OH is 2. The van der Waals surface area contributed by atoms with Crippen LogP contribution in [0.25, 0.3) is 0 Å². The standard InChI is InChI=1S/C44H56N2O10/c1-4-21-50-31-16-18-36-34(26-31)41-32(13-7-10-20-48)29(12-6-9-19-47)24-33-35(45-56-40-14-8-11-23-51-40)27-39(44(55-36,42(33)41)54-22-5-2)46(3)43(49)30-15-17-37-38(25-30)53-28-52-37/h4-5,15-18,24-26,29,32,39-42,47-48H,1-2,6-14,19-23,27-28H2,3H3/t29-,32+,39-,40?,41+,42+,44+/m0/s1. The highest BCUT2D eigenvalue weighted by Gasteiger charge is 2.65. The number of benzene rings is 2. The van der Waals surface area contributed by atoms with Crippen molar-refractivity contribution in [3.05, 3.63) is 84.5 Å². The van der Waals surface area contributed by atoms with Crippen LogP contribution in [-0.4, -0.2) is 91.7 Å². The maximum absolute atomic E-state index is 14.6. The van der Waals surface area contributed by atoms with Gasteiger partial charge in [-0.25, -0.2) is 0 Å². The minimum atomic E-state index is -1.37. The summed E-state index contributed by atoms with van der Waals surface area (Å²) < 4.78 is 37.5. The highest BCUT2D eigenvalue weighted by atomic mass is 16.8. The first kappa shape index (κ1) is 39.9. The average molecular weight is 773 g/mol. The van der Waals surface area contributed by atoms with Crippen LogP contribution < -0.4 is 18.9 Å². The van der Waals surface area contributed by atoms with Crippen molar-refractivity contribution in [2.45, 2.75) is 88.2 Å². The molecule has 2 aromatic rings. The minimum Gasteiger partial charge on any atom is -0.490 e. The van der Waals surface area contributed by atoms with E-state index < -0.39 is 24.0 Å². The van der Waals surface area contributed by atoms with Gasteiger partial charge in [0.15, 0.2) is 11.5 Å². The molecule has 1 saturated heterocycles. The Kier molecular flexibility index (Phi) is 13.0. The highest BCUT2D eigenvalue weighted by Crippen LogP contribution is 2.62. The predicted octanol–water partition coefficient (Wildman–Crippen LogP) is 6.91. The van der Waals surface area contributed by atoms with E-state index in [9.17, 15) is 15.0 Å². The van der Waals surface area contributed by atoms with Crippen molar-refractivity contribution < 1.29 is 48.3 Å². The van der Waals surface area contributed by atoms with Gasteiger partial charge in [-0.05, 0) is 92.3 Å². The molecule has 7 atom stereocenters. The van der Waals surface area contributed by atoms with E-state index in [1.54, 1.807) is 42.3 Å². The van der Waals surface area contributed by atoms with Gasteiger partial charge in [-0.1, -0.05) is 42.8 Å². The summed E-state index contributed by atoms with van der Waals surface area (Å²) in [6.07, 6.45) is 13.0. The van der Waals surface area contributed by atoms with Crippen molar-refractivity contribution in [3.8, 4) is 23.0 Å². The molecule has 0 aromatic heterocycles. The van der Waals surface area contributed by atoms with E-state index in [0.29, 0.717) is 54.6 Å². The van der Waals surface area contributed by atoms with E-state index in [-0.39, 0.29) is 56.7 Å². The molecule has 1 amide bonds. The number of likely N-dealkylation sites (N-methyl/N-ethyl adjacent to an activating group) is 1. The number of nitrogens with zero attached hydrogens (tertiary/aromatic N) is 2. The number of oxime groups is 1. The quantitative estimate of drug-likeness (QED) is 0.0934. The van der Waals surface area contributed by atoms with Crippen LogP contribution in [0.1, 0.15) is 86.0 Å². The van der Waals surface area contributed by atoms with E-state index in [2.05, 4.69) is 25.3 Å². The van der Waals surface area contributed by atoms with Crippen molar-refractivity contribution >= 4 is 11.6 Å². The van der Waals surface area contributed by atoms with Crippen molar-refractivity contribution in [2.75, 3.05) is 46.9 Å². The zero-order valence-corrected chi connectivity index (χ0v) is 32.4. The summed E-state index contributed by atoms with van der Waals surface area (Å²) in [5.74, 6) is 0.457. The number of amides is 1. The third kappa shape index (κ3) is 8.07. The van der Waals surface area contributed by atoms with Crippen LogP contribution in [0, 0.1) is 17.8 Å². The van der Waals surface area contributed by atoms with Crippen LogP contribution in [0.15, 0.2) is 78.5 Å². The van der Waals surface area contributed by atoms with Gasteiger partial charge in [0.25, 0.3) is 5.91 Å². The molecule has 3 heterocycles. The number of fused-ring (bicyclic) bond motifs is 3. The number of unbranched alkanes of at least 4 members (excludes halogenated alkanes) is 2. The Morgan fingerprint density at radius 3 is 2.54 bits per heavy atom. The fourth-order valence-electron chi connectivity index (χ4n) is 9.26. The molecule has 0 bridgehead atoms. The van der Waals surface area contributed by atoms with E-state index in [1.807, 2.05) is 12.1 Å². The number of ether oxygens (including phenoxy) is 6. The summed E-state index contributed by atoms with van der Waals surface area (Å²) in [6, 6.07) is 10.4. The van der Waals surface area contributed by atoms with Crippen LogP contribution in [0.2, 0.25) is 0 Å². The normalized spacial score (nSPS) is 28.0. The molecular weight excluding hydrogens is 716 g/mol. The molecule has 2 fully saturated rings. The molecular formula is C44H56N2O10. The lowest BCUT2D eigenvalue weighted by atomic mass is 9.55. The lowest BCUT2D eigenvalue weighted by Crippen LogP contribution is -2.69. The molecule has 5 aliphatic rings. The molecule has 302 valence electrons. The largest absolute Gasteiger partial charge is 0.490 e. The number of carbonyl (C=O) groups is 1. The fraction of sp³-hybridized carbons (Fsp3) is 0.545. The Labute approximate surface area is 329 Å². The summed E-state index contributed by atoms with van der Waals surface area (Å²) in [5, 5.41) is 24.6. The first-order valence-electron chi connectivity index (χ1n) is 20.2. The highest BCUT2D eigenvalue weighted by molar-refractivity contribution is 6.03. The molecule has 2 aliphatic carbocycles. The van der Waals surface area contributed by atoms with Gasteiger partial charge < -0.3 is 48.4 Å². The van der Waals surface area contributed by atoms with Crippen LogP contribution in [-0.2, 0) is 14.3 Å². The van der Waals surface area contributed by atoms with Gasteiger partial charge in [-0.2, -0.15) is 0 Å². The minimum absolute atomic E-state index is 0.0930. The number of hydrogen-bond acceptors (Lipinski definition) is 11. The Morgan fingerprint density at radius 2 is 1.77 bits per heavy atom. The van der Waals surface area contributed by atoms with Crippen LogP contribution in [0.4, 0.5) is 0 Å². The summed E-state index contributed by atoms with van der Waals surface area (Å²) in [7, 11) is 1.79. The maximum Gasteiger partial charge on any atom is 0.254 e. The van der Waals surface area contributed by atoms with Crippen molar-refractivity contribution in [1.82, 2.24) is 4.90 Å². The first-order chi connectivity index (χ1) is 27.4. The van der Waals surface area contributed by atoms with Crippen LogP contribution >= 0.6 is 0 Å². The van der Waals surface area contributed by atoms with Crippen molar-refractivity contribution in [3.63, 3.8) is 0 Å². The van der Waals surface area contributed by atoms with Crippen molar-refractivity contribution in [2.24, 2.45) is 22.9 Å². The lowest BCUT2D eigenvalue weighted by molar-refractivity contribution is -0.252. The summed E-state index contributed by atoms with van der Waals surface area (Å²) in [6.45, 7) is 9.31. The molecule has 0 spiro atoms. The third-order valence-corrected chi connectivity index (χ3v) is 11.8. The second-order valence-corrected chi connectivity index (χ2v) is 15.3. The van der Waals surface area contributed by atoms with Gasteiger partial charge in [-0.15, -0.1) is 6.58 Å². The smallest absolute Gasteiger partial charge is 0.254 e. The zero-order chi connectivity index (χ0) is 39.1. The Morgan fingerprint density at radius 1 is 0.982 bits per heavy atom. The average Bonchev–Trinajstić information content (AvgIpc) is 3.71. The van der Waals surface area contributed by atoms with Gasteiger partial charge in [0.1, 0.15) is 24.1 Å². The molecule has 56 heavy (non-hydrogen) atoms. The van der Waals surface area contributed by atoms with E-state index >= 15 is 0 Å². The Balaban J connectivity index is 1.41. The molecule has 1 unspecified atom stereocenters. The number of hydrogen-bond donors (Lipinski definition) is 2. The van der Waals surface area contributed by atoms with Gasteiger partial charge in [0.2, 0.25) is 18.9 Å². The molecule has 12 heteroatoms. The number of allylic oxidation sites excluding steroid dienone is 1. The maximum atomic E-state index is 14.6. The Bertz CT molecular complexity index is 1770. The molecule has 7 rings (SSSR count). The summed E-state index contributed by atoms with van der Waals surface area (Å²) >= 11 is 0. The molecule has 2 N–H and O–H groups in total. The van der Waals surface area contributed by atoms with E-state index in [4.69, 9.17) is 38.4 Å². The molecule has 1 saturated carbocycles. The van der Waals surface area contributed by atoms with E-state index in [0.717, 1.165) is 61.8 Å². The van der Waals surface area contributed by atoms with Gasteiger partial charge >= 0.3 is 0 Å². The first-order valence-corrected chi connectivity index (χ1v) is 20.2. The van der Waals surface area contributed by atoms with Crippen molar-refractivity contribution in [1.29, 1.82) is 0 Å². The fourth-order valence-corrected chi connectivity index (χ4v) is 9.26. The second kappa shape index (κ2) is 18.3. The number of rotatable bonds is 18. The molecule has 3 aliphatic heterocycles. The van der Waals surface area contributed by atoms with Crippen LogP contribution in [0.5, 0.6) is 23.0 Å². The monoisotopic (exact) mass is 772 g/mol. The predicted molar refractivity (Wildman–Crippen MR) is 210 cm³/mol. The number of aliphatic hydroxyl groups is 2. The third-order valence-electron chi connectivity index (χ3n) is 11.8. The topological polar surface area (TPSA) is 138 Å². The summed E-state index contributed by atoms with van der Waals surface area (Å²) in [5.41, 5.74) is 3.11. The number of carbonyl (C=O) groups excluding carboxylic acids is 1. The lowest BCUT2D eigenvalue weighted by Gasteiger charge is -2.59.